The van der Waals surface area contributed by atoms with Gasteiger partial charge in [0.05, 0.1) is 23.4 Å². The minimum Gasteiger partial charge on any atom is -0.399 e. The SMILES string of the molecule is CC(=O)Cn1cc(-c2ccc(B3OC(C)(C)C(C)(C)O3)cc2)c(C)n1. The smallest absolute Gasteiger partial charge is 0.399 e. The normalized spacial score (nSPS) is 18.6. The Hall–Kier alpha value is -1.92. The monoisotopic (exact) mass is 340 g/mol. The molecule has 6 heteroatoms. The van der Waals surface area contributed by atoms with Gasteiger partial charge in [-0.25, -0.2) is 0 Å². The topological polar surface area (TPSA) is 53.4 Å². The summed E-state index contributed by atoms with van der Waals surface area (Å²) < 4.78 is 13.9. The predicted molar refractivity (Wildman–Crippen MR) is 98.8 cm³/mol. The van der Waals surface area contributed by atoms with Crippen LogP contribution in [-0.4, -0.2) is 33.9 Å². The lowest BCUT2D eigenvalue weighted by Crippen LogP contribution is -2.41. The van der Waals surface area contributed by atoms with Crippen molar-refractivity contribution in [3.8, 4) is 11.1 Å². The van der Waals surface area contributed by atoms with Crippen molar-refractivity contribution < 1.29 is 14.1 Å². The quantitative estimate of drug-likeness (QED) is 0.803. The molecule has 0 aliphatic carbocycles. The lowest BCUT2D eigenvalue weighted by atomic mass is 9.78. The van der Waals surface area contributed by atoms with Crippen LogP contribution in [0.4, 0.5) is 0 Å². The van der Waals surface area contributed by atoms with E-state index in [0.29, 0.717) is 6.54 Å². The van der Waals surface area contributed by atoms with Gasteiger partial charge in [0.2, 0.25) is 0 Å². The van der Waals surface area contributed by atoms with Crippen LogP contribution in [-0.2, 0) is 20.6 Å². The highest BCUT2D eigenvalue weighted by Gasteiger charge is 2.51. The van der Waals surface area contributed by atoms with Gasteiger partial charge in [0.15, 0.2) is 5.78 Å². The molecule has 1 saturated heterocycles. The van der Waals surface area contributed by atoms with E-state index < -0.39 is 0 Å². The molecule has 0 bridgehead atoms. The molecule has 2 heterocycles. The third kappa shape index (κ3) is 3.41. The van der Waals surface area contributed by atoms with Crippen molar-refractivity contribution in [2.24, 2.45) is 0 Å². The second-order valence-corrected chi connectivity index (χ2v) is 7.74. The zero-order chi connectivity index (χ0) is 18.4. The van der Waals surface area contributed by atoms with Crippen LogP contribution in [0, 0.1) is 6.92 Å². The number of ketones is 1. The van der Waals surface area contributed by atoms with E-state index in [9.17, 15) is 4.79 Å². The third-order valence-electron chi connectivity index (χ3n) is 5.08. The van der Waals surface area contributed by atoms with Gasteiger partial charge in [-0.05, 0) is 52.6 Å². The van der Waals surface area contributed by atoms with Crippen LogP contribution in [0.2, 0.25) is 0 Å². The van der Waals surface area contributed by atoms with E-state index in [1.54, 1.807) is 11.6 Å². The zero-order valence-electron chi connectivity index (χ0n) is 15.8. The van der Waals surface area contributed by atoms with Crippen LogP contribution < -0.4 is 5.46 Å². The average Bonchev–Trinajstić information content (AvgIpc) is 2.95. The molecule has 0 amide bonds. The molecule has 1 fully saturated rings. The molecule has 0 radical (unpaired) electrons. The Morgan fingerprint density at radius 3 is 2.20 bits per heavy atom. The van der Waals surface area contributed by atoms with Gasteiger partial charge in [-0.1, -0.05) is 24.3 Å². The maximum atomic E-state index is 11.3. The lowest BCUT2D eigenvalue weighted by Gasteiger charge is -2.32. The first-order valence-corrected chi connectivity index (χ1v) is 8.58. The number of aryl methyl sites for hydroxylation is 1. The predicted octanol–water partition coefficient (Wildman–Crippen LogP) is 2.75. The van der Waals surface area contributed by atoms with Gasteiger partial charge in [-0.15, -0.1) is 0 Å². The van der Waals surface area contributed by atoms with Crippen molar-refractivity contribution in [2.45, 2.75) is 59.3 Å². The number of nitrogens with zero attached hydrogens (tertiary/aromatic N) is 2. The first kappa shape index (κ1) is 17.9. The maximum absolute atomic E-state index is 11.3. The number of hydrogen-bond donors (Lipinski definition) is 0. The number of aromatic nitrogens is 2. The number of hydrogen-bond acceptors (Lipinski definition) is 4. The molecule has 1 aliphatic rings. The van der Waals surface area contributed by atoms with Gasteiger partial charge in [0.1, 0.15) is 0 Å². The second kappa shape index (κ2) is 6.11. The van der Waals surface area contributed by atoms with E-state index in [1.807, 2.05) is 65.1 Å². The van der Waals surface area contributed by atoms with Gasteiger partial charge in [0, 0.05) is 11.8 Å². The zero-order valence-corrected chi connectivity index (χ0v) is 15.8. The third-order valence-corrected chi connectivity index (χ3v) is 5.08. The molecule has 1 aliphatic heterocycles. The Morgan fingerprint density at radius 1 is 1.12 bits per heavy atom. The first-order chi connectivity index (χ1) is 11.6. The van der Waals surface area contributed by atoms with Crippen LogP contribution in [0.15, 0.2) is 30.5 Å². The molecule has 0 spiro atoms. The second-order valence-electron chi connectivity index (χ2n) is 7.74. The Labute approximate surface area is 149 Å². The fourth-order valence-corrected chi connectivity index (χ4v) is 2.91. The number of benzene rings is 1. The molecule has 0 unspecified atom stereocenters. The van der Waals surface area contributed by atoms with Crippen LogP contribution >= 0.6 is 0 Å². The summed E-state index contributed by atoms with van der Waals surface area (Å²) in [4.78, 5) is 11.3. The first-order valence-electron chi connectivity index (χ1n) is 8.58. The highest BCUT2D eigenvalue weighted by Crippen LogP contribution is 2.36. The highest BCUT2D eigenvalue weighted by atomic mass is 16.7. The molecule has 1 aromatic carbocycles. The van der Waals surface area contributed by atoms with Crippen molar-refractivity contribution in [2.75, 3.05) is 0 Å². The molecule has 5 nitrogen and oxygen atoms in total. The molecule has 132 valence electrons. The summed E-state index contributed by atoms with van der Waals surface area (Å²) in [6.45, 7) is 12.0. The summed E-state index contributed by atoms with van der Waals surface area (Å²) in [7, 11) is -0.361. The average molecular weight is 340 g/mol. The minimum absolute atomic E-state index is 0.0881. The Bertz CT molecular complexity index is 778. The van der Waals surface area contributed by atoms with E-state index in [0.717, 1.165) is 22.3 Å². The van der Waals surface area contributed by atoms with Gasteiger partial charge < -0.3 is 9.31 Å². The molecule has 1 aromatic heterocycles. The summed E-state index contributed by atoms with van der Waals surface area (Å²) in [5, 5.41) is 4.41. The molecule has 0 N–H and O–H groups in total. The molecule has 25 heavy (non-hydrogen) atoms. The van der Waals surface area contributed by atoms with E-state index in [4.69, 9.17) is 9.31 Å². The van der Waals surface area contributed by atoms with Crippen molar-refractivity contribution in [3.05, 3.63) is 36.2 Å². The van der Waals surface area contributed by atoms with E-state index in [1.165, 1.54) is 0 Å². The summed E-state index contributed by atoms with van der Waals surface area (Å²) >= 11 is 0. The van der Waals surface area contributed by atoms with Crippen molar-refractivity contribution in [1.29, 1.82) is 0 Å². The van der Waals surface area contributed by atoms with Crippen LogP contribution in [0.5, 0.6) is 0 Å². The maximum Gasteiger partial charge on any atom is 0.494 e. The lowest BCUT2D eigenvalue weighted by molar-refractivity contribution is -0.117. The van der Waals surface area contributed by atoms with Gasteiger partial charge in [0.25, 0.3) is 0 Å². The standard InChI is InChI=1S/C19H25BN2O3/c1-13(23)11-22-12-17(14(2)21-22)15-7-9-16(10-8-15)20-24-18(3,4)19(5,6)25-20/h7-10,12H,11H2,1-6H3. The number of carbonyl (C=O) groups is 1. The largest absolute Gasteiger partial charge is 0.494 e. The van der Waals surface area contributed by atoms with E-state index in [-0.39, 0.29) is 24.1 Å². The van der Waals surface area contributed by atoms with Gasteiger partial charge >= 0.3 is 7.12 Å². The molecular formula is C19H25BN2O3. The molecular weight excluding hydrogens is 315 g/mol. The van der Waals surface area contributed by atoms with Gasteiger partial charge in [-0.3, -0.25) is 9.48 Å². The summed E-state index contributed by atoms with van der Waals surface area (Å²) in [6.07, 6.45) is 1.92. The van der Waals surface area contributed by atoms with Crippen LogP contribution in [0.25, 0.3) is 11.1 Å². The van der Waals surface area contributed by atoms with Crippen LogP contribution in [0.3, 0.4) is 0 Å². The molecule has 2 aromatic rings. The molecule has 3 rings (SSSR count). The number of rotatable bonds is 4. The molecule has 0 saturated carbocycles. The van der Waals surface area contributed by atoms with Crippen molar-refractivity contribution in [3.63, 3.8) is 0 Å². The minimum atomic E-state index is -0.361. The highest BCUT2D eigenvalue weighted by molar-refractivity contribution is 6.62. The Morgan fingerprint density at radius 2 is 1.68 bits per heavy atom. The van der Waals surface area contributed by atoms with Crippen LogP contribution in [0.1, 0.15) is 40.3 Å². The van der Waals surface area contributed by atoms with Gasteiger partial charge in [-0.2, -0.15) is 5.10 Å². The Balaban J connectivity index is 1.82. The fraction of sp³-hybridized carbons (Fsp3) is 0.474. The summed E-state index contributed by atoms with van der Waals surface area (Å²) in [5.74, 6) is 0.0881. The fourth-order valence-electron chi connectivity index (χ4n) is 2.91. The number of carbonyl (C=O) groups excluding carboxylic acids is 1. The van der Waals surface area contributed by atoms with Crippen molar-refractivity contribution >= 4 is 18.4 Å². The Kier molecular flexibility index (Phi) is 4.37. The number of Topliss-reactive ketones (excluding diaryl/α,β-unsaturated/α-hetero) is 1. The summed E-state index contributed by atoms with van der Waals surface area (Å²) in [5.41, 5.74) is 3.30. The summed E-state index contributed by atoms with van der Waals surface area (Å²) in [6, 6.07) is 8.14. The molecule has 0 atom stereocenters. The van der Waals surface area contributed by atoms with E-state index in [2.05, 4.69) is 5.10 Å². The van der Waals surface area contributed by atoms with E-state index >= 15 is 0 Å². The van der Waals surface area contributed by atoms with Crippen molar-refractivity contribution in [1.82, 2.24) is 9.78 Å².